The molecule has 7 heteroatoms. The Morgan fingerprint density at radius 1 is 1.15 bits per heavy atom. The maximum Gasteiger partial charge on any atom is 0.254 e. The van der Waals surface area contributed by atoms with E-state index in [9.17, 15) is 4.79 Å². The molecule has 2 saturated heterocycles. The molecule has 2 atom stereocenters. The number of nitriles is 1. The van der Waals surface area contributed by atoms with E-state index in [-0.39, 0.29) is 18.0 Å². The summed E-state index contributed by atoms with van der Waals surface area (Å²) in [5.74, 6) is 0.977. The number of hydrogen-bond acceptors (Lipinski definition) is 5. The first-order valence-electron chi connectivity index (χ1n) is 8.60. The first-order chi connectivity index (χ1) is 12.7. The van der Waals surface area contributed by atoms with E-state index < -0.39 is 0 Å². The smallest absolute Gasteiger partial charge is 0.254 e. The predicted octanol–water partition coefficient (Wildman–Crippen LogP) is 1.93. The lowest BCUT2D eigenvalue weighted by Gasteiger charge is -2.35. The highest BCUT2D eigenvalue weighted by atomic mass is 16.2. The fourth-order valence-corrected chi connectivity index (χ4v) is 4.12. The highest BCUT2D eigenvalue weighted by molar-refractivity contribution is 5.95. The van der Waals surface area contributed by atoms with Crippen LogP contribution in [0.3, 0.4) is 0 Å². The van der Waals surface area contributed by atoms with Crippen molar-refractivity contribution in [2.45, 2.75) is 18.5 Å². The van der Waals surface area contributed by atoms with Crippen LogP contribution in [0.2, 0.25) is 0 Å². The summed E-state index contributed by atoms with van der Waals surface area (Å²) < 4.78 is 0. The van der Waals surface area contributed by atoms with Gasteiger partial charge in [0.15, 0.2) is 0 Å². The van der Waals surface area contributed by atoms with E-state index in [1.54, 1.807) is 30.6 Å². The second-order valence-electron chi connectivity index (χ2n) is 6.78. The molecule has 3 aromatic rings. The van der Waals surface area contributed by atoms with Crippen LogP contribution >= 0.6 is 0 Å². The van der Waals surface area contributed by atoms with Crippen molar-refractivity contribution in [2.24, 2.45) is 0 Å². The molecule has 0 aliphatic carbocycles. The van der Waals surface area contributed by atoms with Crippen LogP contribution < -0.4 is 4.90 Å². The summed E-state index contributed by atoms with van der Waals surface area (Å²) in [6.45, 7) is 1.48. The van der Waals surface area contributed by atoms with E-state index in [1.807, 2.05) is 17.2 Å². The minimum Gasteiger partial charge on any atom is -0.349 e. The van der Waals surface area contributed by atoms with Crippen molar-refractivity contribution in [3.63, 3.8) is 0 Å². The van der Waals surface area contributed by atoms with E-state index in [0.717, 1.165) is 29.8 Å². The molecule has 1 N–H and O–H groups in total. The van der Waals surface area contributed by atoms with E-state index in [2.05, 4.69) is 25.9 Å². The van der Waals surface area contributed by atoms with Gasteiger partial charge in [-0.05, 0) is 36.8 Å². The van der Waals surface area contributed by atoms with E-state index in [4.69, 9.17) is 5.26 Å². The van der Waals surface area contributed by atoms with Crippen molar-refractivity contribution in [3.8, 4) is 6.07 Å². The Balaban J connectivity index is 1.38. The summed E-state index contributed by atoms with van der Waals surface area (Å²) in [6, 6.07) is 11.4. The molecule has 128 valence electrons. The molecule has 2 aliphatic rings. The molecular formula is C19H16N6O. The lowest BCUT2D eigenvalue weighted by atomic mass is 10.1. The summed E-state index contributed by atoms with van der Waals surface area (Å²) in [7, 11) is 0. The zero-order chi connectivity index (χ0) is 17.7. The second-order valence-corrected chi connectivity index (χ2v) is 6.78. The van der Waals surface area contributed by atoms with Crippen molar-refractivity contribution in [2.75, 3.05) is 18.0 Å². The van der Waals surface area contributed by atoms with Gasteiger partial charge in [-0.15, -0.1) is 0 Å². The number of nitrogens with zero attached hydrogens (tertiary/aromatic N) is 5. The fraction of sp³-hybridized carbons (Fsp3) is 0.263. The number of benzene rings is 1. The van der Waals surface area contributed by atoms with E-state index in [0.29, 0.717) is 17.7 Å². The Labute approximate surface area is 149 Å². The molecule has 2 aromatic heterocycles. The number of anilines is 1. The number of aromatic amines is 1. The quantitative estimate of drug-likeness (QED) is 0.767. The predicted molar refractivity (Wildman–Crippen MR) is 95.6 cm³/mol. The van der Waals surface area contributed by atoms with Gasteiger partial charge in [0, 0.05) is 24.8 Å². The second kappa shape index (κ2) is 5.56. The lowest BCUT2D eigenvalue weighted by Crippen LogP contribution is -2.49. The van der Waals surface area contributed by atoms with Gasteiger partial charge in [-0.25, -0.2) is 9.97 Å². The zero-order valence-electron chi connectivity index (χ0n) is 14.0. The first kappa shape index (κ1) is 14.9. The molecule has 2 aliphatic heterocycles. The summed E-state index contributed by atoms with van der Waals surface area (Å²) in [5.41, 5.74) is 2.04. The van der Waals surface area contributed by atoms with Gasteiger partial charge in [0.1, 0.15) is 17.8 Å². The standard InChI is InChI=1S/C19H16N6O/c20-8-12-1-3-13(4-2-12)19(26)25-10-14-7-15(25)9-24(14)18-16-5-6-21-17(16)22-11-23-18/h1-6,11,14-15H,7,9-10H2,(H,21,22,23)/t14-,15?/m0/s1. The van der Waals surface area contributed by atoms with Gasteiger partial charge >= 0.3 is 0 Å². The molecule has 5 rings (SSSR count). The van der Waals surface area contributed by atoms with Gasteiger partial charge in [0.25, 0.3) is 5.91 Å². The van der Waals surface area contributed by atoms with Crippen LogP contribution in [0.1, 0.15) is 22.3 Å². The minimum absolute atomic E-state index is 0.0381. The zero-order valence-corrected chi connectivity index (χ0v) is 14.0. The Morgan fingerprint density at radius 2 is 2.00 bits per heavy atom. The van der Waals surface area contributed by atoms with Gasteiger partial charge in [-0.2, -0.15) is 5.26 Å². The van der Waals surface area contributed by atoms with Crippen LogP contribution in [-0.4, -0.2) is 50.9 Å². The number of hydrogen-bond donors (Lipinski definition) is 1. The van der Waals surface area contributed by atoms with Gasteiger partial charge < -0.3 is 14.8 Å². The molecule has 4 heterocycles. The molecule has 1 unspecified atom stereocenters. The van der Waals surface area contributed by atoms with Crippen molar-refractivity contribution in [1.82, 2.24) is 19.9 Å². The normalized spacial score (nSPS) is 21.3. The topological polar surface area (TPSA) is 88.9 Å². The van der Waals surface area contributed by atoms with E-state index in [1.165, 1.54) is 0 Å². The first-order valence-corrected chi connectivity index (χ1v) is 8.60. The molecule has 0 spiro atoms. The molecule has 26 heavy (non-hydrogen) atoms. The molecule has 0 radical (unpaired) electrons. The van der Waals surface area contributed by atoms with Crippen LogP contribution in [0.25, 0.3) is 11.0 Å². The number of aromatic nitrogens is 3. The number of likely N-dealkylation sites (tertiary alicyclic amines) is 1. The maximum atomic E-state index is 12.8. The van der Waals surface area contributed by atoms with Crippen LogP contribution in [0.5, 0.6) is 0 Å². The van der Waals surface area contributed by atoms with Gasteiger partial charge in [-0.3, -0.25) is 4.79 Å². The maximum absolute atomic E-state index is 12.8. The number of carbonyl (C=O) groups is 1. The van der Waals surface area contributed by atoms with Gasteiger partial charge in [0.2, 0.25) is 0 Å². The van der Waals surface area contributed by atoms with Gasteiger partial charge in [-0.1, -0.05) is 0 Å². The third-order valence-corrected chi connectivity index (χ3v) is 5.37. The Kier molecular flexibility index (Phi) is 3.19. The number of H-pyrrole nitrogens is 1. The van der Waals surface area contributed by atoms with Crippen LogP contribution in [0.4, 0.5) is 5.82 Å². The average Bonchev–Trinajstić information content (AvgIpc) is 3.42. The summed E-state index contributed by atoms with van der Waals surface area (Å²) in [6.07, 6.45) is 4.41. The lowest BCUT2D eigenvalue weighted by molar-refractivity contribution is 0.0725. The van der Waals surface area contributed by atoms with Gasteiger partial charge in [0.05, 0.1) is 29.1 Å². The van der Waals surface area contributed by atoms with Crippen molar-refractivity contribution in [1.29, 1.82) is 5.26 Å². The van der Waals surface area contributed by atoms with Crippen molar-refractivity contribution in [3.05, 3.63) is 54.0 Å². The largest absolute Gasteiger partial charge is 0.349 e. The number of rotatable bonds is 2. The highest BCUT2D eigenvalue weighted by Crippen LogP contribution is 2.36. The average molecular weight is 344 g/mol. The molecule has 1 aromatic carbocycles. The number of nitrogens with one attached hydrogen (secondary N) is 1. The number of fused-ring (bicyclic) bond motifs is 3. The third kappa shape index (κ3) is 2.15. The third-order valence-electron chi connectivity index (χ3n) is 5.37. The Morgan fingerprint density at radius 3 is 2.73 bits per heavy atom. The van der Waals surface area contributed by atoms with Crippen molar-refractivity contribution >= 4 is 22.8 Å². The van der Waals surface area contributed by atoms with Crippen LogP contribution in [0, 0.1) is 11.3 Å². The molecule has 7 nitrogen and oxygen atoms in total. The summed E-state index contributed by atoms with van der Waals surface area (Å²) in [4.78, 5) is 29.0. The molecule has 2 bridgehead atoms. The minimum atomic E-state index is 0.0381. The van der Waals surface area contributed by atoms with Crippen molar-refractivity contribution < 1.29 is 4.79 Å². The fourth-order valence-electron chi connectivity index (χ4n) is 4.12. The van der Waals surface area contributed by atoms with E-state index >= 15 is 0 Å². The molecular weight excluding hydrogens is 328 g/mol. The van der Waals surface area contributed by atoms with Crippen LogP contribution in [0.15, 0.2) is 42.9 Å². The SMILES string of the molecule is N#Cc1ccc(C(=O)N2C[C@@H]3CC2CN3c2ncnc3[nH]ccc23)cc1. The van der Waals surface area contributed by atoms with Crippen LogP contribution in [-0.2, 0) is 0 Å². The summed E-state index contributed by atoms with van der Waals surface area (Å²) >= 11 is 0. The number of carbonyl (C=O) groups excluding carboxylic acids is 1. The number of piperazine rings is 1. The Hall–Kier alpha value is -3.40. The highest BCUT2D eigenvalue weighted by Gasteiger charge is 2.46. The summed E-state index contributed by atoms with van der Waals surface area (Å²) in [5, 5.41) is 9.92. The molecule has 2 fully saturated rings. The molecule has 1 amide bonds. The number of amides is 1. The monoisotopic (exact) mass is 344 g/mol. The Bertz CT molecular complexity index is 1030. The molecule has 0 saturated carbocycles.